The monoisotopic (exact) mass is 372 g/mol. The predicted octanol–water partition coefficient (Wildman–Crippen LogP) is 0.760. The topological polar surface area (TPSA) is 91.0 Å². The third-order valence-electron chi connectivity index (χ3n) is 4.04. The van der Waals surface area contributed by atoms with Crippen LogP contribution in [0.4, 0.5) is 23.7 Å². The first kappa shape index (κ1) is 17.8. The van der Waals surface area contributed by atoms with Crippen LogP contribution in [-0.4, -0.2) is 66.2 Å². The maximum absolute atomic E-state index is 12.3. The van der Waals surface area contributed by atoms with E-state index in [9.17, 15) is 27.6 Å². The average Bonchev–Trinajstić information content (AvgIpc) is 2.58. The Balaban J connectivity index is 1.60. The molecule has 3 rings (SSSR count). The molecule has 2 fully saturated rings. The molecule has 26 heavy (non-hydrogen) atoms. The van der Waals surface area contributed by atoms with Gasteiger partial charge in [-0.15, -0.1) is 13.2 Å². The summed E-state index contributed by atoms with van der Waals surface area (Å²) in [5.41, 5.74) is 0.274. The maximum atomic E-state index is 12.3. The van der Waals surface area contributed by atoms with Crippen molar-refractivity contribution < 1.29 is 32.3 Å². The first-order valence-electron chi connectivity index (χ1n) is 7.72. The molecule has 0 saturated carbocycles. The first-order chi connectivity index (χ1) is 12.2. The molecule has 0 aliphatic carbocycles. The van der Waals surface area contributed by atoms with E-state index < -0.39 is 24.2 Å². The Morgan fingerprint density at radius 3 is 2.54 bits per heavy atom. The number of carbonyl (C=O) groups is 3. The molecular formula is C15H15F3N4O4. The van der Waals surface area contributed by atoms with Gasteiger partial charge in [-0.3, -0.25) is 9.59 Å². The van der Waals surface area contributed by atoms with Crippen LogP contribution in [0.2, 0.25) is 0 Å². The predicted molar refractivity (Wildman–Crippen MR) is 82.2 cm³/mol. The van der Waals surface area contributed by atoms with Gasteiger partial charge in [0.25, 0.3) is 0 Å². The van der Waals surface area contributed by atoms with E-state index in [-0.39, 0.29) is 43.7 Å². The molecule has 11 heteroatoms. The molecule has 0 unspecified atom stereocenters. The number of amides is 4. The minimum atomic E-state index is -4.79. The van der Waals surface area contributed by atoms with Crippen LogP contribution in [0.1, 0.15) is 0 Å². The first-order valence-corrected chi connectivity index (χ1v) is 7.72. The standard InChI is InChI=1S/C15H15F3N4O4/c16-15(17,18)26-10-3-1-9(2-4-10)20-14(25)21-5-6-22-11(8-21)13(24)19-7-12(22)23/h1-4,11H,5-8H2,(H,19,24)(H,20,25)/t11-/m1/s1. The second kappa shape index (κ2) is 6.73. The summed E-state index contributed by atoms with van der Waals surface area (Å²) in [7, 11) is 0. The Morgan fingerprint density at radius 2 is 1.88 bits per heavy atom. The van der Waals surface area contributed by atoms with Crippen LogP contribution in [-0.2, 0) is 9.59 Å². The molecule has 2 aliphatic heterocycles. The minimum Gasteiger partial charge on any atom is -0.406 e. The molecule has 1 aromatic rings. The highest BCUT2D eigenvalue weighted by atomic mass is 19.4. The molecule has 0 bridgehead atoms. The average molecular weight is 372 g/mol. The van der Waals surface area contributed by atoms with Gasteiger partial charge in [-0.1, -0.05) is 0 Å². The smallest absolute Gasteiger partial charge is 0.406 e. The minimum absolute atomic E-state index is 0.0404. The van der Waals surface area contributed by atoms with Crippen LogP contribution in [0.15, 0.2) is 24.3 Å². The van der Waals surface area contributed by atoms with E-state index in [0.717, 1.165) is 12.1 Å². The molecular weight excluding hydrogens is 357 g/mol. The molecule has 2 aliphatic rings. The van der Waals surface area contributed by atoms with E-state index in [2.05, 4.69) is 15.4 Å². The molecule has 140 valence electrons. The van der Waals surface area contributed by atoms with E-state index in [1.807, 2.05) is 0 Å². The van der Waals surface area contributed by atoms with Gasteiger partial charge < -0.3 is 25.2 Å². The van der Waals surface area contributed by atoms with Gasteiger partial charge in [0.1, 0.15) is 11.8 Å². The quantitative estimate of drug-likeness (QED) is 0.802. The lowest BCUT2D eigenvalue weighted by Crippen LogP contribution is -2.66. The zero-order chi connectivity index (χ0) is 18.9. The molecule has 0 aromatic heterocycles. The number of hydrogen-bond acceptors (Lipinski definition) is 4. The second-order valence-electron chi connectivity index (χ2n) is 5.77. The van der Waals surface area contributed by atoms with Crippen molar-refractivity contribution in [2.75, 3.05) is 31.5 Å². The molecule has 0 spiro atoms. The number of piperazine rings is 2. The SMILES string of the molecule is O=C1NCC(=O)N2CCN(C(=O)Nc3ccc(OC(F)(F)F)cc3)C[C@H]12. The summed E-state index contributed by atoms with van der Waals surface area (Å²) < 4.78 is 40.1. The van der Waals surface area contributed by atoms with Crippen molar-refractivity contribution in [3.8, 4) is 5.75 Å². The fraction of sp³-hybridized carbons (Fsp3) is 0.400. The van der Waals surface area contributed by atoms with E-state index in [4.69, 9.17) is 0 Å². The third-order valence-corrected chi connectivity index (χ3v) is 4.04. The number of anilines is 1. The van der Waals surface area contributed by atoms with Crippen molar-refractivity contribution in [2.24, 2.45) is 0 Å². The highest BCUT2D eigenvalue weighted by Gasteiger charge is 2.39. The lowest BCUT2D eigenvalue weighted by atomic mass is 10.1. The molecule has 4 amide bonds. The number of carbonyl (C=O) groups excluding carboxylic acids is 3. The molecule has 2 heterocycles. The normalized spacial score (nSPS) is 20.3. The van der Waals surface area contributed by atoms with E-state index in [0.29, 0.717) is 0 Å². The molecule has 2 saturated heterocycles. The van der Waals surface area contributed by atoms with Crippen molar-refractivity contribution in [1.29, 1.82) is 0 Å². The Morgan fingerprint density at radius 1 is 1.19 bits per heavy atom. The van der Waals surface area contributed by atoms with Crippen LogP contribution in [0.3, 0.4) is 0 Å². The van der Waals surface area contributed by atoms with Crippen LogP contribution < -0.4 is 15.4 Å². The van der Waals surface area contributed by atoms with Crippen LogP contribution in [0.25, 0.3) is 0 Å². The van der Waals surface area contributed by atoms with Gasteiger partial charge in [0.05, 0.1) is 13.1 Å². The second-order valence-corrected chi connectivity index (χ2v) is 5.77. The number of urea groups is 1. The number of halogens is 3. The fourth-order valence-electron chi connectivity index (χ4n) is 2.81. The van der Waals surface area contributed by atoms with Gasteiger partial charge in [-0.2, -0.15) is 0 Å². The van der Waals surface area contributed by atoms with E-state index in [1.54, 1.807) is 0 Å². The van der Waals surface area contributed by atoms with Gasteiger partial charge in [0, 0.05) is 18.8 Å². The number of benzene rings is 1. The highest BCUT2D eigenvalue weighted by Crippen LogP contribution is 2.24. The Labute approximate surface area is 145 Å². The van der Waals surface area contributed by atoms with Crippen molar-refractivity contribution in [3.05, 3.63) is 24.3 Å². The third kappa shape index (κ3) is 3.98. The molecule has 2 N–H and O–H groups in total. The van der Waals surface area contributed by atoms with E-state index >= 15 is 0 Å². The number of nitrogens with zero attached hydrogens (tertiary/aromatic N) is 2. The Hall–Kier alpha value is -2.98. The van der Waals surface area contributed by atoms with Gasteiger partial charge in [-0.25, -0.2) is 4.79 Å². The summed E-state index contributed by atoms with van der Waals surface area (Å²) in [6, 6.07) is 3.44. The number of ether oxygens (including phenoxy) is 1. The lowest BCUT2D eigenvalue weighted by molar-refractivity contribution is -0.274. The summed E-state index contributed by atoms with van der Waals surface area (Å²) in [5.74, 6) is -0.924. The summed E-state index contributed by atoms with van der Waals surface area (Å²) in [6.45, 7) is 0.478. The Bertz CT molecular complexity index is 723. The zero-order valence-electron chi connectivity index (χ0n) is 13.4. The number of nitrogens with one attached hydrogen (secondary N) is 2. The highest BCUT2D eigenvalue weighted by molar-refractivity contribution is 5.96. The largest absolute Gasteiger partial charge is 0.573 e. The number of hydrogen-bond donors (Lipinski definition) is 2. The van der Waals surface area contributed by atoms with Gasteiger partial charge >= 0.3 is 12.4 Å². The van der Waals surface area contributed by atoms with Crippen molar-refractivity contribution in [1.82, 2.24) is 15.1 Å². The lowest BCUT2D eigenvalue weighted by Gasteiger charge is -2.42. The number of alkyl halides is 3. The molecule has 0 radical (unpaired) electrons. The summed E-state index contributed by atoms with van der Waals surface area (Å²) in [4.78, 5) is 38.8. The molecule has 8 nitrogen and oxygen atoms in total. The summed E-state index contributed by atoms with van der Waals surface area (Å²) in [6.07, 6.45) is -4.79. The van der Waals surface area contributed by atoms with Gasteiger partial charge in [0.2, 0.25) is 11.8 Å². The van der Waals surface area contributed by atoms with Crippen molar-refractivity contribution in [3.63, 3.8) is 0 Å². The van der Waals surface area contributed by atoms with Crippen molar-refractivity contribution >= 4 is 23.5 Å². The number of rotatable bonds is 2. The molecule has 1 atom stereocenters. The summed E-state index contributed by atoms with van der Waals surface area (Å²) in [5, 5.41) is 5.01. The van der Waals surface area contributed by atoms with Gasteiger partial charge in [-0.05, 0) is 24.3 Å². The Kier molecular flexibility index (Phi) is 4.62. The van der Waals surface area contributed by atoms with Crippen LogP contribution in [0.5, 0.6) is 5.75 Å². The van der Waals surface area contributed by atoms with Crippen LogP contribution in [0, 0.1) is 0 Å². The summed E-state index contributed by atoms with van der Waals surface area (Å²) >= 11 is 0. The van der Waals surface area contributed by atoms with Crippen LogP contribution >= 0.6 is 0 Å². The van der Waals surface area contributed by atoms with Crippen molar-refractivity contribution in [2.45, 2.75) is 12.4 Å². The number of fused-ring (bicyclic) bond motifs is 1. The van der Waals surface area contributed by atoms with Gasteiger partial charge in [0.15, 0.2) is 0 Å². The zero-order valence-corrected chi connectivity index (χ0v) is 13.4. The molecule has 1 aromatic carbocycles. The van der Waals surface area contributed by atoms with E-state index in [1.165, 1.54) is 21.9 Å². The maximum Gasteiger partial charge on any atom is 0.573 e. The fourth-order valence-corrected chi connectivity index (χ4v) is 2.81.